The number of likely N-dealkylation sites (tertiary alicyclic amines) is 1. The molecule has 3 fully saturated rings. The highest BCUT2D eigenvalue weighted by molar-refractivity contribution is 6.25. The van der Waals surface area contributed by atoms with Crippen molar-refractivity contribution in [3.8, 4) is 6.07 Å². The van der Waals surface area contributed by atoms with E-state index < -0.39 is 24.0 Å². The number of nitrogens with zero attached hydrogens (tertiary/aromatic N) is 6. The Labute approximate surface area is 181 Å². The molecule has 0 aliphatic carbocycles. The maximum absolute atomic E-state index is 13.5. The van der Waals surface area contributed by atoms with Gasteiger partial charge in [0.25, 0.3) is 11.8 Å². The van der Waals surface area contributed by atoms with Gasteiger partial charge in [-0.15, -0.1) is 0 Å². The van der Waals surface area contributed by atoms with Gasteiger partial charge in [-0.1, -0.05) is 29.4 Å². The zero-order valence-electron chi connectivity index (χ0n) is 16.9. The van der Waals surface area contributed by atoms with Gasteiger partial charge in [0, 0.05) is 23.4 Å². The standard InChI is InChI=1S/C22H16N6O4/c1-11-6-15(25-32-11)20(29)26-10-12-7-17(26)19-21(30)28(22(31)27(12)19)18-9-24-16(8-23)13-4-2-3-5-14(13)18/h2-6,9,12,17,19H,7,10H2,1H3/t12?,17?,19-/m0/s1. The first-order valence-electron chi connectivity index (χ1n) is 10.2. The van der Waals surface area contributed by atoms with Crippen molar-refractivity contribution < 1.29 is 18.9 Å². The van der Waals surface area contributed by atoms with Crippen molar-refractivity contribution in [2.24, 2.45) is 0 Å². The number of amides is 4. The number of urea groups is 1. The van der Waals surface area contributed by atoms with Crippen molar-refractivity contribution in [3.05, 3.63) is 53.7 Å². The molecular formula is C22H16N6O4. The topological polar surface area (TPSA) is 124 Å². The molecule has 3 atom stereocenters. The van der Waals surface area contributed by atoms with Crippen LogP contribution in [-0.4, -0.2) is 62.5 Å². The Hall–Kier alpha value is -4.26. The second kappa shape index (κ2) is 6.37. The number of fused-ring (bicyclic) bond motifs is 6. The highest BCUT2D eigenvalue weighted by Gasteiger charge is 2.63. The van der Waals surface area contributed by atoms with Crippen LogP contribution in [0.1, 0.15) is 28.4 Å². The van der Waals surface area contributed by atoms with Crippen molar-refractivity contribution >= 4 is 34.3 Å². The Kier molecular flexibility index (Phi) is 3.68. The van der Waals surface area contributed by atoms with E-state index in [0.717, 1.165) is 4.90 Å². The van der Waals surface area contributed by atoms with Crippen LogP contribution < -0.4 is 4.90 Å². The summed E-state index contributed by atoms with van der Waals surface area (Å²) in [5.74, 6) is -0.177. The molecule has 6 rings (SSSR count). The van der Waals surface area contributed by atoms with Gasteiger partial charge in [0.2, 0.25) is 0 Å². The number of imide groups is 1. The number of rotatable bonds is 2. The number of carbonyl (C=O) groups excluding carboxylic acids is 3. The minimum absolute atomic E-state index is 0.192. The smallest absolute Gasteiger partial charge is 0.332 e. The Morgan fingerprint density at radius 2 is 2.03 bits per heavy atom. The lowest BCUT2D eigenvalue weighted by Crippen LogP contribution is -2.54. The molecule has 2 unspecified atom stereocenters. The summed E-state index contributed by atoms with van der Waals surface area (Å²) in [5, 5.41) is 14.3. The Morgan fingerprint density at radius 3 is 2.75 bits per heavy atom. The molecule has 10 nitrogen and oxygen atoms in total. The van der Waals surface area contributed by atoms with Crippen molar-refractivity contribution in [1.29, 1.82) is 5.26 Å². The summed E-state index contributed by atoms with van der Waals surface area (Å²) in [6, 6.07) is 8.80. The average Bonchev–Trinajstić information content (AvgIpc) is 3.56. The maximum atomic E-state index is 13.5. The normalized spacial score (nSPS) is 23.9. The summed E-state index contributed by atoms with van der Waals surface area (Å²) >= 11 is 0. The lowest BCUT2D eigenvalue weighted by molar-refractivity contribution is -0.121. The van der Waals surface area contributed by atoms with Crippen LogP contribution in [0.5, 0.6) is 0 Å². The summed E-state index contributed by atoms with van der Waals surface area (Å²) in [6.07, 6.45) is 1.94. The van der Waals surface area contributed by atoms with Crippen LogP contribution in [0, 0.1) is 18.3 Å². The van der Waals surface area contributed by atoms with E-state index in [-0.39, 0.29) is 23.3 Å². The minimum atomic E-state index is -0.757. The van der Waals surface area contributed by atoms with Crippen LogP contribution in [0.15, 0.2) is 41.1 Å². The molecule has 3 aromatic rings. The molecule has 2 bridgehead atoms. The Bertz CT molecular complexity index is 1370. The predicted molar refractivity (Wildman–Crippen MR) is 109 cm³/mol. The predicted octanol–water partition coefficient (Wildman–Crippen LogP) is 1.84. The van der Waals surface area contributed by atoms with E-state index in [2.05, 4.69) is 10.1 Å². The number of nitriles is 1. The number of benzene rings is 1. The van der Waals surface area contributed by atoms with E-state index in [0.29, 0.717) is 35.2 Å². The fraction of sp³-hybridized carbons (Fsp3) is 0.273. The third kappa shape index (κ3) is 2.30. The van der Waals surface area contributed by atoms with Gasteiger partial charge in [0.1, 0.15) is 23.6 Å². The summed E-state index contributed by atoms with van der Waals surface area (Å²) in [5.41, 5.74) is 0.759. The molecule has 0 spiro atoms. The second-order valence-electron chi connectivity index (χ2n) is 8.19. The molecule has 3 saturated heterocycles. The van der Waals surface area contributed by atoms with Gasteiger partial charge < -0.3 is 14.3 Å². The van der Waals surface area contributed by atoms with Gasteiger partial charge in [-0.25, -0.2) is 14.7 Å². The summed E-state index contributed by atoms with van der Waals surface area (Å²) in [6.45, 7) is 2.04. The van der Waals surface area contributed by atoms with Gasteiger partial charge in [-0.3, -0.25) is 9.59 Å². The first-order valence-corrected chi connectivity index (χ1v) is 10.2. The largest absolute Gasteiger partial charge is 0.361 e. The van der Waals surface area contributed by atoms with E-state index in [9.17, 15) is 19.6 Å². The van der Waals surface area contributed by atoms with Gasteiger partial charge >= 0.3 is 6.03 Å². The highest BCUT2D eigenvalue weighted by atomic mass is 16.5. The molecule has 1 aromatic carbocycles. The van der Waals surface area contributed by atoms with Crippen LogP contribution >= 0.6 is 0 Å². The number of aromatic nitrogens is 2. The first kappa shape index (κ1) is 18.5. The van der Waals surface area contributed by atoms with E-state index in [1.165, 1.54) is 6.20 Å². The van der Waals surface area contributed by atoms with E-state index in [4.69, 9.17) is 4.52 Å². The quantitative estimate of drug-likeness (QED) is 0.571. The number of hydrogen-bond acceptors (Lipinski definition) is 7. The van der Waals surface area contributed by atoms with E-state index in [1.54, 1.807) is 47.1 Å². The third-order valence-electron chi connectivity index (χ3n) is 6.49. The number of carbonyl (C=O) groups is 3. The van der Waals surface area contributed by atoms with Gasteiger partial charge in [0.15, 0.2) is 5.69 Å². The molecule has 2 aromatic heterocycles. The monoisotopic (exact) mass is 428 g/mol. The molecule has 3 aliphatic heterocycles. The van der Waals surface area contributed by atoms with Crippen molar-refractivity contribution in [2.45, 2.75) is 31.5 Å². The number of hydrogen-bond donors (Lipinski definition) is 0. The van der Waals surface area contributed by atoms with E-state index >= 15 is 0 Å². The number of aryl methyl sites for hydroxylation is 1. The fourth-order valence-corrected chi connectivity index (χ4v) is 5.17. The molecule has 10 heteroatoms. The molecule has 0 N–H and O–H groups in total. The number of pyridine rings is 1. The first-order chi connectivity index (χ1) is 15.5. The summed E-state index contributed by atoms with van der Waals surface area (Å²) in [4.78, 5) is 48.3. The van der Waals surface area contributed by atoms with Gasteiger partial charge in [-0.2, -0.15) is 5.26 Å². The minimum Gasteiger partial charge on any atom is -0.361 e. The molecule has 158 valence electrons. The third-order valence-corrected chi connectivity index (χ3v) is 6.49. The van der Waals surface area contributed by atoms with Crippen LogP contribution in [0.25, 0.3) is 10.8 Å². The van der Waals surface area contributed by atoms with Crippen molar-refractivity contribution in [2.75, 3.05) is 11.4 Å². The zero-order chi connectivity index (χ0) is 22.1. The maximum Gasteiger partial charge on any atom is 0.332 e. The lowest BCUT2D eigenvalue weighted by Gasteiger charge is -2.34. The molecule has 0 radical (unpaired) electrons. The molecule has 0 saturated carbocycles. The number of anilines is 1. The van der Waals surface area contributed by atoms with Crippen LogP contribution in [0.2, 0.25) is 0 Å². The number of piperazine rings is 1. The molecular weight excluding hydrogens is 412 g/mol. The van der Waals surface area contributed by atoms with Gasteiger partial charge in [-0.05, 0) is 13.3 Å². The average molecular weight is 428 g/mol. The SMILES string of the molecule is Cc1cc(C(=O)N2CC3CC2[C@H]2C(=O)N(c4cnc(C#N)c5ccccc45)C(=O)N32)no1. The molecule has 4 amide bonds. The fourth-order valence-electron chi connectivity index (χ4n) is 5.17. The molecule has 32 heavy (non-hydrogen) atoms. The zero-order valence-corrected chi connectivity index (χ0v) is 16.9. The summed E-state index contributed by atoms with van der Waals surface area (Å²) < 4.78 is 5.02. The van der Waals surface area contributed by atoms with Crippen LogP contribution in [0.4, 0.5) is 10.5 Å². The van der Waals surface area contributed by atoms with Crippen molar-refractivity contribution in [1.82, 2.24) is 19.9 Å². The summed E-state index contributed by atoms with van der Waals surface area (Å²) in [7, 11) is 0. The van der Waals surface area contributed by atoms with Gasteiger partial charge in [0.05, 0.1) is 24.0 Å². The second-order valence-corrected chi connectivity index (χ2v) is 8.19. The Morgan fingerprint density at radius 1 is 1.25 bits per heavy atom. The lowest BCUT2D eigenvalue weighted by atomic mass is 10.1. The van der Waals surface area contributed by atoms with Crippen molar-refractivity contribution in [3.63, 3.8) is 0 Å². The van der Waals surface area contributed by atoms with E-state index in [1.807, 2.05) is 6.07 Å². The Balaban J connectivity index is 1.38. The molecule has 5 heterocycles. The van der Waals surface area contributed by atoms with Crippen LogP contribution in [-0.2, 0) is 4.79 Å². The molecule has 3 aliphatic rings. The highest BCUT2D eigenvalue weighted by Crippen LogP contribution is 2.43. The van der Waals surface area contributed by atoms with Crippen LogP contribution in [0.3, 0.4) is 0 Å².